The van der Waals surface area contributed by atoms with Crippen LogP contribution in [-0.2, 0) is 0 Å². The van der Waals surface area contributed by atoms with Crippen molar-refractivity contribution >= 4 is 23.1 Å². The Balaban J connectivity index is 1.84. The van der Waals surface area contributed by atoms with E-state index in [0.717, 1.165) is 24.5 Å². The number of aliphatic imine (C=N–C) groups is 1. The van der Waals surface area contributed by atoms with Crippen LogP contribution >= 0.6 is 0 Å². The number of nitro groups is 1. The molecule has 0 spiro atoms. The third-order valence-corrected chi connectivity index (χ3v) is 3.41. The number of benzene rings is 2. The predicted molar refractivity (Wildman–Crippen MR) is 86.9 cm³/mol. The predicted octanol–water partition coefficient (Wildman–Crippen LogP) is 2.20. The van der Waals surface area contributed by atoms with Crippen molar-refractivity contribution in [3.8, 4) is 0 Å². The van der Waals surface area contributed by atoms with Crippen molar-refractivity contribution in [3.05, 3.63) is 69.8 Å². The average Bonchev–Trinajstić information content (AvgIpc) is 3.09. The van der Waals surface area contributed by atoms with E-state index in [9.17, 15) is 14.9 Å². The van der Waals surface area contributed by atoms with Crippen molar-refractivity contribution in [1.29, 1.82) is 0 Å². The average molecular weight is 310 g/mol. The summed E-state index contributed by atoms with van der Waals surface area (Å²) < 4.78 is 0. The molecule has 0 radical (unpaired) electrons. The van der Waals surface area contributed by atoms with Crippen molar-refractivity contribution in [2.24, 2.45) is 4.99 Å². The van der Waals surface area contributed by atoms with Gasteiger partial charge in [-0.25, -0.2) is 0 Å². The molecule has 0 fully saturated rings. The van der Waals surface area contributed by atoms with Gasteiger partial charge in [0, 0.05) is 23.9 Å². The van der Waals surface area contributed by atoms with Gasteiger partial charge >= 0.3 is 0 Å². The number of hydrogen-bond donors (Lipinski definition) is 2. The number of para-hydroxylation sites is 1. The molecule has 0 aliphatic carbocycles. The fraction of sp³-hybridized carbons (Fsp3) is 0.125. The highest BCUT2D eigenvalue weighted by Crippen LogP contribution is 2.20. The number of carbonyl (C=O) groups is 1. The molecule has 7 heteroatoms. The second kappa shape index (κ2) is 6.27. The van der Waals surface area contributed by atoms with Gasteiger partial charge in [0.05, 0.1) is 11.5 Å². The lowest BCUT2D eigenvalue weighted by Crippen LogP contribution is -2.20. The van der Waals surface area contributed by atoms with E-state index in [1.165, 1.54) is 18.2 Å². The van der Waals surface area contributed by atoms with Crippen LogP contribution in [0.25, 0.3) is 0 Å². The van der Waals surface area contributed by atoms with E-state index in [0.29, 0.717) is 5.69 Å². The lowest BCUT2D eigenvalue weighted by molar-refractivity contribution is -0.385. The van der Waals surface area contributed by atoms with Crippen molar-refractivity contribution < 1.29 is 9.72 Å². The maximum atomic E-state index is 12.3. The molecule has 2 aromatic rings. The minimum Gasteiger partial charge on any atom is -0.368 e. The van der Waals surface area contributed by atoms with Crippen LogP contribution in [-0.4, -0.2) is 29.8 Å². The largest absolute Gasteiger partial charge is 0.368 e. The van der Waals surface area contributed by atoms with Gasteiger partial charge in [-0.1, -0.05) is 24.3 Å². The first kappa shape index (κ1) is 14.7. The molecule has 7 nitrogen and oxygen atoms in total. The van der Waals surface area contributed by atoms with E-state index in [4.69, 9.17) is 0 Å². The molecule has 0 saturated carbocycles. The number of carbonyl (C=O) groups excluding carboxylic acids is 1. The van der Waals surface area contributed by atoms with Crippen LogP contribution in [0.3, 0.4) is 0 Å². The molecule has 1 heterocycles. The van der Waals surface area contributed by atoms with Crippen LogP contribution in [0.2, 0.25) is 0 Å². The van der Waals surface area contributed by atoms with Gasteiger partial charge in [0.1, 0.15) is 11.4 Å². The quantitative estimate of drug-likeness (QED) is 0.668. The van der Waals surface area contributed by atoms with Crippen LogP contribution in [0.15, 0.2) is 53.5 Å². The molecule has 3 rings (SSSR count). The van der Waals surface area contributed by atoms with Crippen LogP contribution in [0.5, 0.6) is 0 Å². The molecule has 0 saturated heterocycles. The third-order valence-electron chi connectivity index (χ3n) is 3.41. The zero-order valence-corrected chi connectivity index (χ0v) is 12.2. The number of anilines is 1. The molecule has 0 aromatic heterocycles. The monoisotopic (exact) mass is 310 g/mol. The molecule has 1 aliphatic rings. The molecule has 0 unspecified atom stereocenters. The Labute approximate surface area is 132 Å². The van der Waals surface area contributed by atoms with Crippen LogP contribution in [0.4, 0.5) is 11.4 Å². The van der Waals surface area contributed by atoms with Crippen LogP contribution in [0, 0.1) is 10.1 Å². The summed E-state index contributed by atoms with van der Waals surface area (Å²) in [4.78, 5) is 27.1. The molecule has 116 valence electrons. The van der Waals surface area contributed by atoms with E-state index in [1.54, 1.807) is 24.3 Å². The molecule has 2 N–H and O–H groups in total. The van der Waals surface area contributed by atoms with Crippen LogP contribution < -0.4 is 10.6 Å². The summed E-state index contributed by atoms with van der Waals surface area (Å²) in [6, 6.07) is 13.1. The van der Waals surface area contributed by atoms with Gasteiger partial charge < -0.3 is 10.6 Å². The number of nitro benzene ring substituents is 1. The van der Waals surface area contributed by atoms with Gasteiger partial charge in [0.15, 0.2) is 0 Å². The molecular formula is C16H14N4O3. The van der Waals surface area contributed by atoms with Crippen molar-refractivity contribution in [1.82, 2.24) is 5.32 Å². The fourth-order valence-corrected chi connectivity index (χ4v) is 2.36. The number of nitrogens with zero attached hydrogens (tertiary/aromatic N) is 2. The zero-order valence-electron chi connectivity index (χ0n) is 12.2. The smallest absolute Gasteiger partial charge is 0.282 e. The summed E-state index contributed by atoms with van der Waals surface area (Å²) in [5, 5.41) is 16.9. The Hall–Kier alpha value is -3.22. The number of amides is 1. The summed E-state index contributed by atoms with van der Waals surface area (Å²) in [5.74, 6) is 0.266. The Morgan fingerprint density at radius 1 is 1.22 bits per heavy atom. The fourth-order valence-electron chi connectivity index (χ4n) is 2.36. The second-order valence-corrected chi connectivity index (χ2v) is 4.97. The van der Waals surface area contributed by atoms with Gasteiger partial charge in [-0.05, 0) is 18.2 Å². The Morgan fingerprint density at radius 3 is 2.78 bits per heavy atom. The van der Waals surface area contributed by atoms with Crippen molar-refractivity contribution in [2.75, 3.05) is 18.4 Å². The summed E-state index contributed by atoms with van der Waals surface area (Å²) in [6.07, 6.45) is 0. The van der Waals surface area contributed by atoms with Gasteiger partial charge in [0.25, 0.3) is 11.6 Å². The normalized spacial score (nSPS) is 13.1. The number of rotatable bonds is 4. The lowest BCUT2D eigenvalue weighted by Gasteiger charge is -2.08. The first-order valence-electron chi connectivity index (χ1n) is 7.08. The van der Waals surface area contributed by atoms with E-state index in [-0.39, 0.29) is 11.3 Å². The highest BCUT2D eigenvalue weighted by molar-refractivity contribution is 6.08. The summed E-state index contributed by atoms with van der Waals surface area (Å²) in [6.45, 7) is 1.52. The van der Waals surface area contributed by atoms with E-state index < -0.39 is 10.8 Å². The Kier molecular flexibility index (Phi) is 4.01. The second-order valence-electron chi connectivity index (χ2n) is 4.97. The Bertz CT molecular complexity index is 801. The number of nitrogens with one attached hydrogen (secondary N) is 2. The lowest BCUT2D eigenvalue weighted by atomic mass is 10.1. The molecule has 0 atom stereocenters. The minimum absolute atomic E-state index is 0.0271. The molecule has 2 aromatic carbocycles. The first-order valence-corrected chi connectivity index (χ1v) is 7.08. The maximum absolute atomic E-state index is 12.3. The summed E-state index contributed by atoms with van der Waals surface area (Å²) in [5.41, 5.74) is 1.23. The molecular weight excluding hydrogens is 296 g/mol. The molecule has 0 bridgehead atoms. The van der Waals surface area contributed by atoms with Crippen molar-refractivity contribution in [3.63, 3.8) is 0 Å². The van der Waals surface area contributed by atoms with E-state index in [2.05, 4.69) is 15.6 Å². The minimum atomic E-state index is -0.567. The third kappa shape index (κ3) is 3.18. The number of amidine groups is 1. The maximum Gasteiger partial charge on any atom is 0.282 e. The SMILES string of the molecule is O=C(Nc1cccc(C2=NCCN2)c1)c1ccccc1[N+](=O)[O-]. The highest BCUT2D eigenvalue weighted by atomic mass is 16.6. The molecule has 1 aliphatic heterocycles. The van der Waals surface area contributed by atoms with E-state index >= 15 is 0 Å². The highest BCUT2D eigenvalue weighted by Gasteiger charge is 2.19. The summed E-state index contributed by atoms with van der Waals surface area (Å²) >= 11 is 0. The van der Waals surface area contributed by atoms with Gasteiger partial charge in [-0.3, -0.25) is 19.9 Å². The van der Waals surface area contributed by atoms with Crippen LogP contribution in [0.1, 0.15) is 15.9 Å². The van der Waals surface area contributed by atoms with Gasteiger partial charge in [-0.2, -0.15) is 0 Å². The first-order chi connectivity index (χ1) is 11.1. The molecule has 23 heavy (non-hydrogen) atoms. The van der Waals surface area contributed by atoms with Crippen molar-refractivity contribution in [2.45, 2.75) is 0 Å². The van der Waals surface area contributed by atoms with Gasteiger partial charge in [0.2, 0.25) is 0 Å². The Morgan fingerprint density at radius 2 is 2.04 bits per heavy atom. The summed E-state index contributed by atoms with van der Waals surface area (Å²) in [7, 11) is 0. The van der Waals surface area contributed by atoms with E-state index in [1.807, 2.05) is 6.07 Å². The number of hydrogen-bond acceptors (Lipinski definition) is 5. The topological polar surface area (TPSA) is 96.6 Å². The molecule has 1 amide bonds. The van der Waals surface area contributed by atoms with Gasteiger partial charge in [-0.15, -0.1) is 0 Å². The zero-order chi connectivity index (χ0) is 16.2. The standard InChI is InChI=1S/C16H14N4O3/c21-16(13-6-1-2-7-14(13)20(22)23)19-12-5-3-4-11(10-12)15-17-8-9-18-15/h1-7,10H,8-9H2,(H,17,18)(H,19,21).